The molecule has 1 atom stereocenters. The number of nitrogens with one attached hydrogen (secondary N) is 1. The lowest BCUT2D eigenvalue weighted by atomic mass is 9.91. The molecule has 0 aliphatic carbocycles. The first-order chi connectivity index (χ1) is 6.68. The molecule has 0 spiro atoms. The van der Waals surface area contributed by atoms with Gasteiger partial charge in [0.05, 0.1) is 6.04 Å². The van der Waals surface area contributed by atoms with Crippen LogP contribution in [-0.2, 0) is 0 Å². The molecule has 1 unspecified atom stereocenters. The van der Waals surface area contributed by atoms with Gasteiger partial charge in [0.15, 0.2) is 0 Å². The van der Waals surface area contributed by atoms with E-state index in [4.69, 9.17) is 4.42 Å². The van der Waals surface area contributed by atoms with Gasteiger partial charge in [-0.1, -0.05) is 0 Å². The summed E-state index contributed by atoms with van der Waals surface area (Å²) in [4.78, 5) is 2.24. The van der Waals surface area contributed by atoms with Crippen molar-refractivity contribution < 1.29 is 4.42 Å². The Morgan fingerprint density at radius 2 is 2.14 bits per heavy atom. The molecule has 1 fully saturated rings. The molecule has 78 valence electrons. The van der Waals surface area contributed by atoms with Crippen molar-refractivity contribution in [1.82, 2.24) is 10.2 Å². The van der Waals surface area contributed by atoms with Gasteiger partial charge in [0, 0.05) is 19.0 Å². The summed E-state index contributed by atoms with van der Waals surface area (Å²) in [6, 6.07) is 4.56. The van der Waals surface area contributed by atoms with Crippen molar-refractivity contribution in [3.63, 3.8) is 0 Å². The highest BCUT2D eigenvalue weighted by Crippen LogP contribution is 2.30. The first-order valence-corrected chi connectivity index (χ1v) is 5.12. The van der Waals surface area contributed by atoms with Gasteiger partial charge in [0.25, 0.3) is 0 Å². The number of furan rings is 1. The van der Waals surface area contributed by atoms with E-state index in [1.165, 1.54) is 0 Å². The van der Waals surface area contributed by atoms with Crippen molar-refractivity contribution in [2.24, 2.45) is 5.92 Å². The summed E-state index contributed by atoms with van der Waals surface area (Å²) < 4.78 is 5.69. The van der Waals surface area contributed by atoms with Crippen LogP contribution in [0.15, 0.2) is 16.5 Å². The molecular weight excluding hydrogens is 176 g/mol. The molecule has 0 aromatic carbocycles. The minimum Gasteiger partial charge on any atom is -0.465 e. The normalized spacial score (nSPS) is 19.7. The van der Waals surface area contributed by atoms with Crippen LogP contribution in [-0.4, -0.2) is 32.1 Å². The third kappa shape index (κ3) is 1.70. The van der Waals surface area contributed by atoms with E-state index in [0.717, 1.165) is 24.6 Å². The van der Waals surface area contributed by atoms with Gasteiger partial charge in [-0.2, -0.15) is 0 Å². The molecule has 2 rings (SSSR count). The Morgan fingerprint density at radius 1 is 1.43 bits per heavy atom. The maximum absolute atomic E-state index is 5.69. The Bertz CT molecular complexity index is 302. The average Bonchev–Trinajstić information content (AvgIpc) is 2.42. The number of aryl methyl sites for hydroxylation is 1. The number of hydrogen-bond acceptors (Lipinski definition) is 3. The third-order valence-corrected chi connectivity index (χ3v) is 2.87. The number of hydrogen-bond donors (Lipinski definition) is 1. The second-order valence-corrected chi connectivity index (χ2v) is 4.28. The average molecular weight is 194 g/mol. The number of nitrogens with zero attached hydrogens (tertiary/aromatic N) is 1. The molecule has 1 aliphatic heterocycles. The van der Waals surface area contributed by atoms with E-state index < -0.39 is 0 Å². The van der Waals surface area contributed by atoms with Crippen LogP contribution in [0.4, 0.5) is 0 Å². The summed E-state index contributed by atoms with van der Waals surface area (Å²) in [7, 11) is 4.22. The smallest absolute Gasteiger partial charge is 0.121 e. The molecule has 2 heterocycles. The number of rotatable bonds is 3. The van der Waals surface area contributed by atoms with E-state index in [1.54, 1.807) is 0 Å². The minimum absolute atomic E-state index is 0.421. The van der Waals surface area contributed by atoms with Crippen molar-refractivity contribution in [3.8, 4) is 0 Å². The van der Waals surface area contributed by atoms with E-state index in [1.807, 2.05) is 13.0 Å². The highest BCUT2D eigenvalue weighted by molar-refractivity contribution is 5.12. The minimum atomic E-state index is 0.421. The van der Waals surface area contributed by atoms with Gasteiger partial charge in [-0.05, 0) is 33.2 Å². The lowest BCUT2D eigenvalue weighted by molar-refractivity contribution is 0.138. The lowest BCUT2D eigenvalue weighted by Crippen LogP contribution is -2.48. The highest BCUT2D eigenvalue weighted by Gasteiger charge is 2.31. The quantitative estimate of drug-likeness (QED) is 0.788. The molecule has 1 aromatic heterocycles. The maximum atomic E-state index is 5.69. The zero-order valence-electron chi connectivity index (χ0n) is 9.08. The molecule has 14 heavy (non-hydrogen) atoms. The molecule has 1 aliphatic rings. The van der Waals surface area contributed by atoms with Crippen LogP contribution in [0.3, 0.4) is 0 Å². The predicted molar refractivity (Wildman–Crippen MR) is 56.2 cm³/mol. The van der Waals surface area contributed by atoms with Gasteiger partial charge < -0.3 is 9.73 Å². The Hall–Kier alpha value is -0.800. The Labute approximate surface area is 85.1 Å². The fraction of sp³-hybridized carbons (Fsp3) is 0.636. The van der Waals surface area contributed by atoms with Crippen LogP contribution in [0.25, 0.3) is 0 Å². The largest absolute Gasteiger partial charge is 0.465 e. The van der Waals surface area contributed by atoms with Gasteiger partial charge in [-0.15, -0.1) is 0 Å². The second-order valence-electron chi connectivity index (χ2n) is 4.28. The predicted octanol–water partition coefficient (Wildman–Crippen LogP) is 1.41. The molecule has 3 heteroatoms. The Kier molecular flexibility index (Phi) is 2.61. The lowest BCUT2D eigenvalue weighted by Gasteiger charge is -2.37. The summed E-state index contributed by atoms with van der Waals surface area (Å²) in [5, 5.41) is 3.30. The first-order valence-electron chi connectivity index (χ1n) is 5.12. The third-order valence-electron chi connectivity index (χ3n) is 2.87. The molecule has 0 radical (unpaired) electrons. The van der Waals surface area contributed by atoms with Crippen LogP contribution in [0.1, 0.15) is 17.6 Å². The molecule has 1 N–H and O–H groups in total. The second kappa shape index (κ2) is 3.75. The van der Waals surface area contributed by atoms with Crippen molar-refractivity contribution in [3.05, 3.63) is 23.7 Å². The molecule has 0 saturated carbocycles. The van der Waals surface area contributed by atoms with Crippen molar-refractivity contribution >= 4 is 0 Å². The van der Waals surface area contributed by atoms with Crippen LogP contribution in [0.2, 0.25) is 0 Å². The summed E-state index contributed by atoms with van der Waals surface area (Å²) in [5.74, 6) is 2.79. The van der Waals surface area contributed by atoms with Gasteiger partial charge >= 0.3 is 0 Å². The van der Waals surface area contributed by atoms with E-state index in [9.17, 15) is 0 Å². The van der Waals surface area contributed by atoms with E-state index >= 15 is 0 Å². The monoisotopic (exact) mass is 194 g/mol. The van der Waals surface area contributed by atoms with E-state index in [-0.39, 0.29) is 0 Å². The summed E-state index contributed by atoms with van der Waals surface area (Å²) in [6.45, 7) is 4.19. The topological polar surface area (TPSA) is 28.4 Å². The van der Waals surface area contributed by atoms with Crippen molar-refractivity contribution in [1.29, 1.82) is 0 Å². The summed E-state index contributed by atoms with van der Waals surface area (Å²) in [5.41, 5.74) is 0. The van der Waals surface area contributed by atoms with Crippen LogP contribution < -0.4 is 5.32 Å². The van der Waals surface area contributed by atoms with Gasteiger partial charge in [-0.3, -0.25) is 4.90 Å². The fourth-order valence-electron chi connectivity index (χ4n) is 2.06. The first kappa shape index (κ1) is 9.74. The molecule has 3 nitrogen and oxygen atoms in total. The van der Waals surface area contributed by atoms with E-state index in [2.05, 4.69) is 30.4 Å². The van der Waals surface area contributed by atoms with Gasteiger partial charge in [-0.25, -0.2) is 0 Å². The fourth-order valence-corrected chi connectivity index (χ4v) is 2.06. The Balaban J connectivity index is 2.17. The van der Waals surface area contributed by atoms with E-state index in [0.29, 0.717) is 12.0 Å². The molecule has 1 aromatic rings. The zero-order valence-corrected chi connectivity index (χ0v) is 9.08. The van der Waals surface area contributed by atoms with Crippen molar-refractivity contribution in [2.75, 3.05) is 27.2 Å². The van der Waals surface area contributed by atoms with Crippen LogP contribution >= 0.6 is 0 Å². The molecule has 0 amide bonds. The standard InChI is InChI=1S/C11H18N2O/c1-8-4-5-10(14-8)11(13(2)3)9-6-12-7-9/h4-5,9,11-12H,6-7H2,1-3H3. The molecule has 0 bridgehead atoms. The van der Waals surface area contributed by atoms with Crippen molar-refractivity contribution in [2.45, 2.75) is 13.0 Å². The SMILES string of the molecule is Cc1ccc(C(C2CNC2)N(C)C)o1. The Morgan fingerprint density at radius 3 is 2.50 bits per heavy atom. The van der Waals surface area contributed by atoms with Gasteiger partial charge in [0.1, 0.15) is 11.5 Å². The van der Waals surface area contributed by atoms with Crippen LogP contribution in [0.5, 0.6) is 0 Å². The molecular formula is C11H18N2O. The highest BCUT2D eigenvalue weighted by atomic mass is 16.3. The summed E-state index contributed by atoms with van der Waals surface area (Å²) in [6.07, 6.45) is 0. The van der Waals surface area contributed by atoms with Crippen LogP contribution in [0, 0.1) is 12.8 Å². The molecule has 1 saturated heterocycles. The zero-order chi connectivity index (χ0) is 10.1. The summed E-state index contributed by atoms with van der Waals surface area (Å²) >= 11 is 0. The maximum Gasteiger partial charge on any atom is 0.121 e. The van der Waals surface area contributed by atoms with Gasteiger partial charge in [0.2, 0.25) is 0 Å².